The van der Waals surface area contributed by atoms with E-state index < -0.39 is 5.97 Å². The maximum absolute atomic E-state index is 14.7. The molecule has 0 aliphatic rings. The van der Waals surface area contributed by atoms with Crippen LogP contribution in [0.1, 0.15) is 30.5 Å². The van der Waals surface area contributed by atoms with Crippen molar-refractivity contribution in [2.24, 2.45) is 0 Å². The number of carbonyl (C=O) groups is 1. The third-order valence-electron chi connectivity index (χ3n) is 3.52. The van der Waals surface area contributed by atoms with Gasteiger partial charge in [0, 0.05) is 11.6 Å². The summed E-state index contributed by atoms with van der Waals surface area (Å²) in [5, 5.41) is 12.0. The van der Waals surface area contributed by atoms with E-state index in [1.807, 2.05) is 20.8 Å². The molecule has 0 heterocycles. The maximum atomic E-state index is 14.7. The third kappa shape index (κ3) is 5.45. The van der Waals surface area contributed by atoms with Gasteiger partial charge in [0.25, 0.3) is 0 Å². The Morgan fingerprint density at radius 3 is 2.38 bits per heavy atom. The zero-order chi connectivity index (χ0) is 19.4. The Labute approximate surface area is 169 Å². The number of carboxylic acid groups (broad SMARTS) is 1. The summed E-state index contributed by atoms with van der Waals surface area (Å²) in [4.78, 5) is 10.9. The Balaban J connectivity index is 2.23. The van der Waals surface area contributed by atoms with Gasteiger partial charge in [-0.15, -0.1) is 0 Å². The van der Waals surface area contributed by atoms with Crippen molar-refractivity contribution in [3.05, 3.63) is 55.7 Å². The van der Waals surface area contributed by atoms with Crippen LogP contribution in [-0.2, 0) is 17.8 Å². The largest absolute Gasteiger partial charge is 0.486 e. The summed E-state index contributed by atoms with van der Waals surface area (Å²) >= 11 is 6.78. The van der Waals surface area contributed by atoms with E-state index in [0.717, 1.165) is 5.56 Å². The smallest absolute Gasteiger partial charge is 0.307 e. The fourth-order valence-electron chi connectivity index (χ4n) is 2.54. The highest BCUT2D eigenvalue weighted by molar-refractivity contribution is 9.11. The quantitative estimate of drug-likeness (QED) is 0.525. The van der Waals surface area contributed by atoms with Gasteiger partial charge in [0.1, 0.15) is 12.4 Å². The fourth-order valence-corrected chi connectivity index (χ4v) is 4.05. The minimum atomic E-state index is -0.913. The average Bonchev–Trinajstić information content (AvgIpc) is 2.49. The van der Waals surface area contributed by atoms with Crippen molar-refractivity contribution in [3.63, 3.8) is 0 Å². The van der Waals surface area contributed by atoms with Crippen LogP contribution in [0.3, 0.4) is 0 Å². The lowest BCUT2D eigenvalue weighted by Crippen LogP contribution is -2.13. The predicted molar refractivity (Wildman–Crippen MR) is 107 cm³/mol. The van der Waals surface area contributed by atoms with E-state index in [9.17, 15) is 9.18 Å². The molecule has 0 radical (unpaired) electrons. The summed E-state index contributed by atoms with van der Waals surface area (Å²) < 4.78 is 21.7. The van der Waals surface area contributed by atoms with Crippen LogP contribution in [0, 0.1) is 12.7 Å². The molecule has 4 nitrogen and oxygen atoms in total. The highest BCUT2D eigenvalue weighted by Crippen LogP contribution is 2.36. The van der Waals surface area contributed by atoms with Gasteiger partial charge < -0.3 is 15.2 Å². The molecular formula is C19H20Br2FNO3. The number of benzene rings is 2. The second-order valence-electron chi connectivity index (χ2n) is 6.33. The topological polar surface area (TPSA) is 58.6 Å². The van der Waals surface area contributed by atoms with Gasteiger partial charge >= 0.3 is 5.97 Å². The molecule has 2 aromatic carbocycles. The van der Waals surface area contributed by atoms with Crippen molar-refractivity contribution in [2.75, 3.05) is 5.32 Å². The molecule has 0 spiro atoms. The Hall–Kier alpha value is -1.60. The average molecular weight is 489 g/mol. The molecular weight excluding hydrogens is 469 g/mol. The van der Waals surface area contributed by atoms with Crippen LogP contribution in [0.2, 0.25) is 0 Å². The number of aliphatic carboxylic acids is 1. The van der Waals surface area contributed by atoms with Gasteiger partial charge in [-0.05, 0) is 88.0 Å². The number of nitrogens with one attached hydrogen (secondary N) is 1. The number of hydrogen-bond acceptors (Lipinski definition) is 3. The molecule has 0 atom stereocenters. The molecule has 140 valence electrons. The first-order valence-electron chi connectivity index (χ1n) is 8.05. The lowest BCUT2D eigenvalue weighted by atomic mass is 10.1. The van der Waals surface area contributed by atoms with Crippen molar-refractivity contribution in [3.8, 4) is 5.75 Å². The van der Waals surface area contributed by atoms with Crippen LogP contribution in [-0.4, -0.2) is 17.1 Å². The highest BCUT2D eigenvalue weighted by Gasteiger charge is 2.15. The van der Waals surface area contributed by atoms with Crippen molar-refractivity contribution in [1.29, 1.82) is 0 Å². The Morgan fingerprint density at radius 2 is 1.85 bits per heavy atom. The van der Waals surface area contributed by atoms with Crippen LogP contribution in [0.4, 0.5) is 10.1 Å². The van der Waals surface area contributed by atoms with E-state index in [4.69, 9.17) is 9.84 Å². The van der Waals surface area contributed by atoms with Crippen molar-refractivity contribution in [1.82, 2.24) is 0 Å². The van der Waals surface area contributed by atoms with Crippen LogP contribution in [0.25, 0.3) is 0 Å². The van der Waals surface area contributed by atoms with Crippen LogP contribution in [0.5, 0.6) is 5.75 Å². The standard InChI is InChI=1S/C19H20Br2FNO3/c1-10(2)23-16-5-11(3)4-13(18(16)22)9-26-19-14(20)6-12(7-15(19)21)8-17(24)25/h4-7,10,23H,8-9H2,1-3H3,(H,24,25). The number of hydrogen-bond donors (Lipinski definition) is 2. The van der Waals surface area contributed by atoms with Crippen LogP contribution < -0.4 is 10.1 Å². The molecule has 0 fully saturated rings. The summed E-state index contributed by atoms with van der Waals surface area (Å²) in [5.74, 6) is -0.748. The van der Waals surface area contributed by atoms with E-state index >= 15 is 0 Å². The maximum Gasteiger partial charge on any atom is 0.307 e. The minimum absolute atomic E-state index is 0.0514. The van der Waals surface area contributed by atoms with Gasteiger partial charge in [-0.25, -0.2) is 4.39 Å². The molecule has 0 bridgehead atoms. The first-order valence-corrected chi connectivity index (χ1v) is 9.64. The predicted octanol–water partition coefficient (Wildman–Crippen LogP) is 5.69. The molecule has 7 heteroatoms. The van der Waals surface area contributed by atoms with Crippen LogP contribution in [0.15, 0.2) is 33.2 Å². The van der Waals surface area contributed by atoms with Gasteiger partial charge in [-0.1, -0.05) is 0 Å². The van der Waals surface area contributed by atoms with Gasteiger partial charge in [0.05, 0.1) is 21.1 Å². The number of ether oxygens (including phenoxy) is 1. The second-order valence-corrected chi connectivity index (χ2v) is 8.04. The lowest BCUT2D eigenvalue weighted by Gasteiger charge is -2.16. The second kappa shape index (κ2) is 8.86. The van der Waals surface area contributed by atoms with E-state index in [-0.39, 0.29) is 24.9 Å². The number of halogens is 3. The summed E-state index contributed by atoms with van der Waals surface area (Å²) in [6.45, 7) is 5.85. The first kappa shape index (κ1) is 20.7. The van der Waals surface area contributed by atoms with E-state index in [1.54, 1.807) is 24.3 Å². The van der Waals surface area contributed by atoms with Gasteiger partial charge in [0.2, 0.25) is 0 Å². The normalized spacial score (nSPS) is 10.9. The third-order valence-corrected chi connectivity index (χ3v) is 4.70. The molecule has 2 N–H and O–H groups in total. The number of carboxylic acids is 1. The molecule has 0 aliphatic carbocycles. The first-order chi connectivity index (χ1) is 12.2. The Kier molecular flexibility index (Phi) is 7.06. The summed E-state index contributed by atoms with van der Waals surface area (Å²) in [6, 6.07) is 7.01. The van der Waals surface area contributed by atoms with Gasteiger partial charge in [0.15, 0.2) is 5.82 Å². The SMILES string of the molecule is Cc1cc(COc2c(Br)cc(CC(=O)O)cc2Br)c(F)c(NC(C)C)c1. The summed E-state index contributed by atoms with van der Waals surface area (Å²) in [5.41, 5.74) is 2.46. The Morgan fingerprint density at radius 1 is 1.23 bits per heavy atom. The summed E-state index contributed by atoms with van der Waals surface area (Å²) in [7, 11) is 0. The van der Waals surface area contributed by atoms with E-state index in [0.29, 0.717) is 31.5 Å². The fraction of sp³-hybridized carbons (Fsp3) is 0.316. The minimum Gasteiger partial charge on any atom is -0.486 e. The molecule has 26 heavy (non-hydrogen) atoms. The Bertz CT molecular complexity index is 802. The number of anilines is 1. The molecule has 0 aromatic heterocycles. The molecule has 0 saturated heterocycles. The van der Waals surface area contributed by atoms with E-state index in [2.05, 4.69) is 37.2 Å². The van der Waals surface area contributed by atoms with Crippen molar-refractivity contribution < 1.29 is 19.0 Å². The van der Waals surface area contributed by atoms with Crippen LogP contribution >= 0.6 is 31.9 Å². The zero-order valence-corrected chi connectivity index (χ0v) is 17.9. The molecule has 0 unspecified atom stereocenters. The molecule has 2 aromatic rings. The van der Waals surface area contributed by atoms with Gasteiger partial charge in [-0.2, -0.15) is 0 Å². The van der Waals surface area contributed by atoms with Crippen molar-refractivity contribution in [2.45, 2.75) is 39.8 Å². The lowest BCUT2D eigenvalue weighted by molar-refractivity contribution is -0.136. The summed E-state index contributed by atoms with van der Waals surface area (Å²) in [6.07, 6.45) is -0.0891. The van der Waals surface area contributed by atoms with Crippen molar-refractivity contribution >= 4 is 43.5 Å². The monoisotopic (exact) mass is 487 g/mol. The van der Waals surface area contributed by atoms with E-state index in [1.165, 1.54) is 0 Å². The molecule has 0 amide bonds. The number of aryl methyl sites for hydroxylation is 1. The highest BCUT2D eigenvalue weighted by atomic mass is 79.9. The zero-order valence-electron chi connectivity index (χ0n) is 14.7. The molecule has 0 saturated carbocycles. The molecule has 2 rings (SSSR count). The number of rotatable bonds is 7. The molecule has 0 aliphatic heterocycles. The van der Waals surface area contributed by atoms with Gasteiger partial charge in [-0.3, -0.25) is 4.79 Å².